The lowest BCUT2D eigenvalue weighted by molar-refractivity contribution is -0.153. The average Bonchev–Trinajstić information content (AvgIpc) is 3.08. The lowest BCUT2D eigenvalue weighted by Gasteiger charge is -2.19. The molecule has 0 saturated heterocycles. The Bertz CT molecular complexity index is 2170. The summed E-state index contributed by atoms with van der Waals surface area (Å²) in [4.78, 5) is 60.2. The first-order chi connectivity index (χ1) is 24.2. The number of nitrogens with one attached hydrogen (secondary N) is 2. The van der Waals surface area contributed by atoms with Crippen molar-refractivity contribution in [3.05, 3.63) is 143 Å². The van der Waals surface area contributed by atoms with Crippen LogP contribution in [0.4, 0.5) is 11.4 Å². The molecule has 2 amide bonds. The summed E-state index contributed by atoms with van der Waals surface area (Å²) in [6.45, 7) is 1.03. The number of benzene rings is 5. The van der Waals surface area contributed by atoms with Crippen molar-refractivity contribution in [3.8, 4) is 23.0 Å². The molecule has 14 heteroatoms. The van der Waals surface area contributed by atoms with Crippen molar-refractivity contribution in [1.82, 2.24) is 0 Å². The summed E-state index contributed by atoms with van der Waals surface area (Å²) in [6.07, 6.45) is 0. The highest BCUT2D eigenvalue weighted by atomic mass is 16.5. The third kappa shape index (κ3) is 8.72. The van der Waals surface area contributed by atoms with Gasteiger partial charge in [-0.25, -0.2) is 14.4 Å². The predicted octanol–water partition coefficient (Wildman–Crippen LogP) is 6.03. The molecule has 0 unspecified atom stereocenters. The first-order valence-electron chi connectivity index (χ1n) is 14.9. The first kappa shape index (κ1) is 35.3. The van der Waals surface area contributed by atoms with E-state index in [1.165, 1.54) is 60.7 Å². The monoisotopic (exact) mass is 692 g/mol. The van der Waals surface area contributed by atoms with E-state index in [9.17, 15) is 49.5 Å². The number of carbonyl (C=O) groups is 5. The van der Waals surface area contributed by atoms with Gasteiger partial charge in [0.2, 0.25) is 0 Å². The molecule has 0 aromatic heterocycles. The molecule has 0 radical (unpaired) electrons. The zero-order valence-corrected chi connectivity index (χ0v) is 26.5. The number of hydrogen-bond donors (Lipinski definition) is 7. The van der Waals surface area contributed by atoms with Crippen LogP contribution in [0.15, 0.2) is 109 Å². The summed E-state index contributed by atoms with van der Waals surface area (Å²) in [5, 5.41) is 53.4. The van der Waals surface area contributed by atoms with E-state index in [1.54, 1.807) is 36.4 Å². The highest BCUT2D eigenvalue weighted by Gasteiger charge is 2.26. The molecular weight excluding hydrogens is 664 g/mol. The molecule has 5 aromatic rings. The minimum atomic E-state index is -2.43. The van der Waals surface area contributed by atoms with Crippen LogP contribution < -0.4 is 20.1 Å². The smallest absolute Gasteiger partial charge is 0.336 e. The van der Waals surface area contributed by atoms with Gasteiger partial charge in [-0.1, -0.05) is 12.1 Å². The molecule has 0 spiro atoms. The first-order valence-corrected chi connectivity index (χ1v) is 14.9. The van der Waals surface area contributed by atoms with E-state index >= 15 is 0 Å². The van der Waals surface area contributed by atoms with E-state index in [1.807, 2.05) is 0 Å². The van der Waals surface area contributed by atoms with E-state index < -0.39 is 46.6 Å². The molecule has 14 nitrogen and oxygen atoms in total. The van der Waals surface area contributed by atoms with Crippen LogP contribution in [0.3, 0.4) is 0 Å². The van der Waals surface area contributed by atoms with Crippen molar-refractivity contribution in [3.63, 3.8) is 0 Å². The standard InChI is InChI=1S/C37H28N2O12/c1-37(48,49)31-19-27(13-15-29(31)35(44)45)51-25-7-3-5-23(17-25)39-33(41)21-10-8-20(9-11-21)32(40)38-22-4-2-6-24(16-22)50-26-12-14-28(34(42)43)30(18-26)36(46)47/h2-19,48-49H,1H3,(H,38,40)(H,39,41)(H,42,43)(H,44,45)(H,46,47). The predicted molar refractivity (Wildman–Crippen MR) is 181 cm³/mol. The largest absolute Gasteiger partial charge is 0.478 e. The summed E-state index contributed by atoms with van der Waals surface area (Å²) in [5.74, 6) is -6.87. The van der Waals surface area contributed by atoms with Gasteiger partial charge in [-0.05, 0) is 91.9 Å². The van der Waals surface area contributed by atoms with E-state index in [4.69, 9.17) is 9.47 Å². The van der Waals surface area contributed by atoms with E-state index in [0.29, 0.717) is 11.4 Å². The van der Waals surface area contributed by atoms with E-state index in [2.05, 4.69) is 10.6 Å². The maximum atomic E-state index is 13.0. The average molecular weight is 693 g/mol. The zero-order valence-electron chi connectivity index (χ0n) is 26.5. The van der Waals surface area contributed by atoms with Crippen LogP contribution in [0.1, 0.15) is 64.3 Å². The summed E-state index contributed by atoms with van der Waals surface area (Å²) >= 11 is 0. The van der Waals surface area contributed by atoms with Crippen molar-refractivity contribution in [2.24, 2.45) is 0 Å². The third-order valence-corrected chi connectivity index (χ3v) is 7.25. The number of amides is 2. The Hall–Kier alpha value is -7.03. The molecule has 0 aliphatic carbocycles. The molecule has 5 rings (SSSR count). The van der Waals surface area contributed by atoms with Gasteiger partial charge >= 0.3 is 17.9 Å². The van der Waals surface area contributed by atoms with Gasteiger partial charge in [0, 0.05) is 40.2 Å². The molecule has 7 N–H and O–H groups in total. The van der Waals surface area contributed by atoms with Crippen molar-refractivity contribution < 1.29 is 59.0 Å². The third-order valence-electron chi connectivity index (χ3n) is 7.25. The van der Waals surface area contributed by atoms with Crippen LogP contribution in [0.2, 0.25) is 0 Å². The molecule has 5 aromatic carbocycles. The molecule has 0 heterocycles. The van der Waals surface area contributed by atoms with Crippen LogP contribution >= 0.6 is 0 Å². The van der Waals surface area contributed by atoms with Crippen LogP contribution in [-0.2, 0) is 5.79 Å². The number of carboxylic acids is 3. The van der Waals surface area contributed by atoms with E-state index in [0.717, 1.165) is 19.1 Å². The van der Waals surface area contributed by atoms with Crippen molar-refractivity contribution in [1.29, 1.82) is 0 Å². The topological polar surface area (TPSA) is 229 Å². The van der Waals surface area contributed by atoms with Crippen molar-refractivity contribution in [2.75, 3.05) is 10.6 Å². The lowest BCUT2D eigenvalue weighted by atomic mass is 10.0. The fourth-order valence-electron chi connectivity index (χ4n) is 4.84. The fraction of sp³-hybridized carbons (Fsp3) is 0.0541. The van der Waals surface area contributed by atoms with Gasteiger partial charge in [-0.3, -0.25) is 9.59 Å². The van der Waals surface area contributed by atoms with E-state index in [-0.39, 0.29) is 45.3 Å². The molecule has 0 saturated carbocycles. The number of anilines is 2. The molecule has 258 valence electrons. The molecule has 0 atom stereocenters. The number of aliphatic hydroxyl groups is 2. The van der Waals surface area contributed by atoms with Crippen LogP contribution in [0.25, 0.3) is 0 Å². The zero-order chi connectivity index (χ0) is 36.9. The SMILES string of the molecule is CC(O)(O)c1cc(Oc2cccc(NC(=O)c3ccc(C(=O)Nc4cccc(Oc5ccc(C(=O)O)c(C(=O)O)c5)c4)cc3)c2)ccc1C(=O)O. The summed E-state index contributed by atoms with van der Waals surface area (Å²) in [5.41, 5.74) is -0.232. The second kappa shape index (κ2) is 14.6. The number of carboxylic acid groups (broad SMARTS) is 3. The van der Waals surface area contributed by atoms with Gasteiger partial charge in [0.15, 0.2) is 5.79 Å². The highest BCUT2D eigenvalue weighted by molar-refractivity contribution is 6.07. The fourth-order valence-corrected chi connectivity index (χ4v) is 4.84. The Morgan fingerprint density at radius 2 is 0.922 bits per heavy atom. The van der Waals surface area contributed by atoms with Crippen LogP contribution in [0.5, 0.6) is 23.0 Å². The number of ether oxygens (including phenoxy) is 2. The van der Waals surface area contributed by atoms with Crippen molar-refractivity contribution in [2.45, 2.75) is 12.7 Å². The Morgan fingerprint density at radius 3 is 1.35 bits per heavy atom. The number of carbonyl (C=O) groups excluding carboxylic acids is 2. The molecule has 0 aliphatic rings. The van der Waals surface area contributed by atoms with Crippen LogP contribution in [0, 0.1) is 0 Å². The normalized spacial score (nSPS) is 10.9. The number of rotatable bonds is 12. The van der Waals surface area contributed by atoms with Gasteiger partial charge in [-0.2, -0.15) is 0 Å². The number of aromatic carboxylic acids is 3. The Kier molecular flexibility index (Phi) is 10.1. The van der Waals surface area contributed by atoms with Gasteiger partial charge in [-0.15, -0.1) is 0 Å². The molecule has 51 heavy (non-hydrogen) atoms. The minimum Gasteiger partial charge on any atom is -0.478 e. The molecule has 0 aliphatic heterocycles. The highest BCUT2D eigenvalue weighted by Crippen LogP contribution is 2.31. The molecular formula is C37H28N2O12. The summed E-state index contributed by atoms with van der Waals surface area (Å²) < 4.78 is 11.5. The van der Waals surface area contributed by atoms with Gasteiger partial charge < -0.3 is 45.6 Å². The maximum Gasteiger partial charge on any atom is 0.336 e. The minimum absolute atomic E-state index is 0.0770. The quantitative estimate of drug-likeness (QED) is 0.0744. The number of hydrogen-bond acceptors (Lipinski definition) is 9. The van der Waals surface area contributed by atoms with Gasteiger partial charge in [0.25, 0.3) is 11.8 Å². The van der Waals surface area contributed by atoms with Gasteiger partial charge in [0.1, 0.15) is 23.0 Å². The maximum absolute atomic E-state index is 13.0. The van der Waals surface area contributed by atoms with Crippen molar-refractivity contribution >= 4 is 41.1 Å². The van der Waals surface area contributed by atoms with Crippen LogP contribution in [-0.4, -0.2) is 55.3 Å². The lowest BCUT2D eigenvalue weighted by Crippen LogP contribution is -2.23. The summed E-state index contributed by atoms with van der Waals surface area (Å²) in [6, 6.07) is 25.6. The molecule has 0 bridgehead atoms. The Balaban J connectivity index is 1.21. The molecule has 0 fully saturated rings. The Morgan fingerprint density at radius 1 is 0.510 bits per heavy atom. The summed E-state index contributed by atoms with van der Waals surface area (Å²) in [7, 11) is 0. The second-order valence-electron chi connectivity index (χ2n) is 11.1. The Labute approximate surface area is 288 Å². The van der Waals surface area contributed by atoms with Gasteiger partial charge in [0.05, 0.1) is 16.7 Å². The second-order valence-corrected chi connectivity index (χ2v) is 11.1.